The molecule has 0 amide bonds. The monoisotopic (exact) mass is 272 g/mol. The fourth-order valence-electron chi connectivity index (χ4n) is 1.60. The van der Waals surface area contributed by atoms with Crippen molar-refractivity contribution in [3.05, 3.63) is 35.6 Å². The van der Waals surface area contributed by atoms with Crippen molar-refractivity contribution in [2.45, 2.75) is 26.2 Å². The predicted molar refractivity (Wildman–Crippen MR) is 68.7 cm³/mol. The number of benzene rings is 1. The second-order valence-corrected chi connectivity index (χ2v) is 6.66. The highest BCUT2D eigenvalue weighted by Crippen LogP contribution is 2.07. The van der Waals surface area contributed by atoms with Gasteiger partial charge in [-0.2, -0.15) is 0 Å². The molecule has 0 spiro atoms. The number of carbonyl (C=O) groups is 1. The maximum Gasteiger partial charge on any atom is 0.150 e. The lowest BCUT2D eigenvalue weighted by molar-refractivity contribution is -0.118. The summed E-state index contributed by atoms with van der Waals surface area (Å²) in [5, 5.41) is 0. The minimum Gasteiger partial charge on any atom is -0.299 e. The van der Waals surface area contributed by atoms with Gasteiger partial charge in [0.25, 0.3) is 0 Å². The molecule has 100 valence electrons. The van der Waals surface area contributed by atoms with Crippen LogP contribution in [0.3, 0.4) is 0 Å². The quantitative estimate of drug-likeness (QED) is 0.764. The van der Waals surface area contributed by atoms with Crippen LogP contribution < -0.4 is 0 Å². The average molecular weight is 272 g/mol. The van der Waals surface area contributed by atoms with E-state index >= 15 is 0 Å². The third-order valence-electron chi connectivity index (χ3n) is 2.64. The highest BCUT2D eigenvalue weighted by atomic mass is 32.2. The van der Waals surface area contributed by atoms with Crippen molar-refractivity contribution in [2.75, 3.05) is 11.5 Å². The zero-order chi connectivity index (χ0) is 13.6. The molecule has 5 heteroatoms. The lowest BCUT2D eigenvalue weighted by Crippen LogP contribution is -2.11. The van der Waals surface area contributed by atoms with Gasteiger partial charge in [-0.15, -0.1) is 0 Å². The third kappa shape index (κ3) is 5.40. The van der Waals surface area contributed by atoms with Crippen molar-refractivity contribution in [2.24, 2.45) is 0 Å². The van der Waals surface area contributed by atoms with Crippen molar-refractivity contribution in [1.29, 1.82) is 0 Å². The standard InChI is InChI=1S/C13H17FO3S/c1-2-18(16,17)8-4-7-13(15)10-11-5-3-6-12(14)9-11/h3,5-6,9H,2,4,7-8,10H2,1H3. The molecule has 0 heterocycles. The van der Waals surface area contributed by atoms with Crippen molar-refractivity contribution < 1.29 is 17.6 Å². The molecule has 1 aromatic rings. The molecule has 0 unspecified atom stereocenters. The molecular formula is C13H17FO3S. The fraction of sp³-hybridized carbons (Fsp3) is 0.462. The SMILES string of the molecule is CCS(=O)(=O)CCCC(=O)Cc1cccc(F)c1. The van der Waals surface area contributed by atoms with Gasteiger partial charge in [-0.05, 0) is 24.1 Å². The number of sulfone groups is 1. The molecule has 0 saturated carbocycles. The number of hydrogen-bond acceptors (Lipinski definition) is 3. The lowest BCUT2D eigenvalue weighted by Gasteiger charge is -2.02. The second kappa shape index (κ2) is 6.64. The van der Waals surface area contributed by atoms with Gasteiger partial charge in [0.1, 0.15) is 21.4 Å². The predicted octanol–water partition coefficient (Wildman–Crippen LogP) is 2.15. The van der Waals surface area contributed by atoms with Crippen molar-refractivity contribution in [1.82, 2.24) is 0 Å². The molecular weight excluding hydrogens is 255 g/mol. The van der Waals surface area contributed by atoms with Crippen molar-refractivity contribution >= 4 is 15.6 Å². The first-order valence-corrected chi connectivity index (χ1v) is 7.71. The first-order chi connectivity index (χ1) is 8.43. The Morgan fingerprint density at radius 3 is 2.67 bits per heavy atom. The number of ketones is 1. The van der Waals surface area contributed by atoms with Gasteiger partial charge >= 0.3 is 0 Å². The zero-order valence-electron chi connectivity index (χ0n) is 10.4. The molecule has 0 aliphatic heterocycles. The zero-order valence-corrected chi connectivity index (χ0v) is 11.2. The Labute approximate surface area is 107 Å². The molecule has 0 radical (unpaired) electrons. The summed E-state index contributed by atoms with van der Waals surface area (Å²) in [6, 6.07) is 5.88. The van der Waals surface area contributed by atoms with Gasteiger partial charge in [-0.3, -0.25) is 4.79 Å². The Bertz CT molecular complexity index is 509. The van der Waals surface area contributed by atoms with Gasteiger partial charge in [0.15, 0.2) is 0 Å². The molecule has 0 saturated heterocycles. The first kappa shape index (κ1) is 14.8. The first-order valence-electron chi connectivity index (χ1n) is 5.89. The van der Waals surface area contributed by atoms with Gasteiger partial charge in [-0.1, -0.05) is 19.1 Å². The second-order valence-electron chi connectivity index (χ2n) is 4.19. The molecule has 0 aliphatic carbocycles. The summed E-state index contributed by atoms with van der Waals surface area (Å²) in [4.78, 5) is 11.6. The maximum absolute atomic E-state index is 12.9. The average Bonchev–Trinajstić information content (AvgIpc) is 2.28. The van der Waals surface area contributed by atoms with E-state index < -0.39 is 9.84 Å². The van der Waals surface area contributed by atoms with E-state index in [2.05, 4.69) is 0 Å². The summed E-state index contributed by atoms with van der Waals surface area (Å²) in [6.07, 6.45) is 0.712. The number of rotatable bonds is 7. The Hall–Kier alpha value is -1.23. The van der Waals surface area contributed by atoms with Crippen LogP contribution in [0.1, 0.15) is 25.3 Å². The summed E-state index contributed by atoms with van der Waals surface area (Å²) in [7, 11) is -3.01. The molecule has 1 rings (SSSR count). The van der Waals surface area contributed by atoms with Crippen molar-refractivity contribution in [3.63, 3.8) is 0 Å². The maximum atomic E-state index is 12.9. The van der Waals surface area contributed by atoms with E-state index in [1.807, 2.05) is 0 Å². The van der Waals surface area contributed by atoms with E-state index in [1.165, 1.54) is 12.1 Å². The summed E-state index contributed by atoms with van der Waals surface area (Å²) in [5.74, 6) is -0.288. The number of hydrogen-bond donors (Lipinski definition) is 0. The summed E-state index contributed by atoms with van der Waals surface area (Å²) in [5.41, 5.74) is 0.623. The largest absolute Gasteiger partial charge is 0.299 e. The Kier molecular flexibility index (Phi) is 5.47. The third-order valence-corrected chi connectivity index (χ3v) is 4.43. The van der Waals surface area contributed by atoms with Crippen LogP contribution in [0.15, 0.2) is 24.3 Å². The Morgan fingerprint density at radius 1 is 1.33 bits per heavy atom. The summed E-state index contributed by atoms with van der Waals surface area (Å²) < 4.78 is 35.3. The molecule has 0 aliphatic rings. The van der Waals surface area contributed by atoms with Crippen LogP contribution in [0, 0.1) is 5.82 Å². The van der Waals surface area contributed by atoms with Gasteiger partial charge in [0.05, 0.1) is 5.75 Å². The normalized spacial score (nSPS) is 11.4. The molecule has 0 fully saturated rings. The molecule has 3 nitrogen and oxygen atoms in total. The smallest absolute Gasteiger partial charge is 0.150 e. The fourth-order valence-corrected chi connectivity index (χ4v) is 2.47. The Morgan fingerprint density at radius 2 is 2.06 bits per heavy atom. The van der Waals surface area contributed by atoms with Gasteiger partial charge in [0.2, 0.25) is 0 Å². The highest BCUT2D eigenvalue weighted by molar-refractivity contribution is 7.91. The minimum atomic E-state index is -3.01. The van der Waals surface area contributed by atoms with Gasteiger partial charge in [-0.25, -0.2) is 12.8 Å². The Balaban J connectivity index is 2.39. The number of Topliss-reactive ketones (excluding diaryl/α,β-unsaturated/α-hetero) is 1. The van der Waals surface area contributed by atoms with E-state index in [0.717, 1.165) is 0 Å². The summed E-state index contributed by atoms with van der Waals surface area (Å²) >= 11 is 0. The van der Waals surface area contributed by atoms with Gasteiger partial charge in [0, 0.05) is 18.6 Å². The number of carbonyl (C=O) groups excluding carboxylic acids is 1. The highest BCUT2D eigenvalue weighted by Gasteiger charge is 2.10. The van der Waals surface area contributed by atoms with E-state index in [4.69, 9.17) is 0 Å². The van der Waals surface area contributed by atoms with Crippen LogP contribution in [-0.4, -0.2) is 25.7 Å². The van der Waals surface area contributed by atoms with E-state index in [1.54, 1.807) is 19.1 Å². The van der Waals surface area contributed by atoms with E-state index in [9.17, 15) is 17.6 Å². The van der Waals surface area contributed by atoms with Crippen molar-refractivity contribution in [3.8, 4) is 0 Å². The molecule has 0 aromatic heterocycles. The lowest BCUT2D eigenvalue weighted by atomic mass is 10.1. The molecule has 1 aromatic carbocycles. The van der Waals surface area contributed by atoms with Crippen LogP contribution in [0.25, 0.3) is 0 Å². The molecule has 0 N–H and O–H groups in total. The summed E-state index contributed by atoms with van der Waals surface area (Å²) in [6.45, 7) is 1.59. The van der Waals surface area contributed by atoms with E-state index in [0.29, 0.717) is 12.0 Å². The van der Waals surface area contributed by atoms with Crippen LogP contribution in [-0.2, 0) is 21.1 Å². The van der Waals surface area contributed by atoms with Crippen LogP contribution >= 0.6 is 0 Å². The van der Waals surface area contributed by atoms with E-state index in [-0.39, 0.29) is 35.9 Å². The van der Waals surface area contributed by atoms with Gasteiger partial charge < -0.3 is 0 Å². The molecule has 18 heavy (non-hydrogen) atoms. The number of halogens is 1. The van der Waals surface area contributed by atoms with Crippen LogP contribution in [0.2, 0.25) is 0 Å². The molecule has 0 bridgehead atoms. The van der Waals surface area contributed by atoms with Crippen LogP contribution in [0.4, 0.5) is 4.39 Å². The topological polar surface area (TPSA) is 51.2 Å². The molecule has 0 atom stereocenters. The van der Waals surface area contributed by atoms with Crippen LogP contribution in [0.5, 0.6) is 0 Å². The minimum absolute atomic E-state index is 0.0401.